The van der Waals surface area contributed by atoms with Gasteiger partial charge in [-0.1, -0.05) is 25.5 Å². The summed E-state index contributed by atoms with van der Waals surface area (Å²) in [6, 6.07) is 5.09. The molecule has 6 heteroatoms. The highest BCUT2D eigenvalue weighted by Gasteiger charge is 2.33. The van der Waals surface area contributed by atoms with Crippen LogP contribution in [0.5, 0.6) is 5.75 Å². The lowest BCUT2D eigenvalue weighted by molar-refractivity contribution is -0.136. The van der Waals surface area contributed by atoms with Crippen molar-refractivity contribution in [1.82, 2.24) is 15.5 Å². The van der Waals surface area contributed by atoms with Gasteiger partial charge in [-0.15, -0.1) is 0 Å². The summed E-state index contributed by atoms with van der Waals surface area (Å²) < 4.78 is 5.47. The highest BCUT2D eigenvalue weighted by molar-refractivity contribution is 5.87. The first-order valence-corrected chi connectivity index (χ1v) is 9.72. The Morgan fingerprint density at radius 1 is 1.33 bits per heavy atom. The number of nitrogens with zero attached hydrogens (tertiary/aromatic N) is 1. The zero-order valence-electron chi connectivity index (χ0n) is 17.4. The lowest BCUT2D eigenvalue weighted by Gasteiger charge is -2.38. The number of carbonyl (C=O) groups excluding carboxylic acids is 2. The number of hydrogen-bond donors (Lipinski definition) is 2. The summed E-state index contributed by atoms with van der Waals surface area (Å²) in [6.45, 7) is 10.4. The van der Waals surface area contributed by atoms with Crippen LogP contribution in [-0.4, -0.2) is 42.1 Å². The maximum absolute atomic E-state index is 13.2. The molecule has 0 saturated heterocycles. The van der Waals surface area contributed by atoms with E-state index >= 15 is 0 Å². The number of methoxy groups -OCH3 is 1. The molecule has 0 bridgehead atoms. The van der Waals surface area contributed by atoms with Gasteiger partial charge in [-0.2, -0.15) is 0 Å². The Labute approximate surface area is 162 Å². The average Bonchev–Trinajstić information content (AvgIpc) is 2.59. The van der Waals surface area contributed by atoms with Crippen LogP contribution in [0.3, 0.4) is 0 Å². The van der Waals surface area contributed by atoms with Crippen molar-refractivity contribution in [2.24, 2.45) is 0 Å². The Balaban J connectivity index is 2.17. The second kappa shape index (κ2) is 8.63. The number of amides is 3. The fraction of sp³-hybridized carbons (Fsp3) is 0.619. The number of rotatable bonds is 5. The number of nitrogens with one attached hydrogen (secondary N) is 2. The predicted octanol–water partition coefficient (Wildman–Crippen LogP) is 3.41. The van der Waals surface area contributed by atoms with Crippen molar-refractivity contribution in [2.75, 3.05) is 13.7 Å². The lowest BCUT2D eigenvalue weighted by Crippen LogP contribution is -2.55. The van der Waals surface area contributed by atoms with Gasteiger partial charge >= 0.3 is 6.03 Å². The van der Waals surface area contributed by atoms with Crippen molar-refractivity contribution in [3.63, 3.8) is 0 Å². The molecule has 2 N–H and O–H groups in total. The summed E-state index contributed by atoms with van der Waals surface area (Å²) >= 11 is 0. The van der Waals surface area contributed by atoms with Gasteiger partial charge in [0.05, 0.1) is 13.2 Å². The van der Waals surface area contributed by atoms with E-state index in [4.69, 9.17) is 4.74 Å². The first-order chi connectivity index (χ1) is 12.7. The smallest absolute Gasteiger partial charge is 0.315 e. The zero-order chi connectivity index (χ0) is 20.2. The maximum atomic E-state index is 13.2. The third-order valence-corrected chi connectivity index (χ3v) is 4.86. The Morgan fingerprint density at radius 3 is 2.63 bits per heavy atom. The molecule has 27 heavy (non-hydrogen) atoms. The number of benzene rings is 1. The van der Waals surface area contributed by atoms with Gasteiger partial charge in [0.15, 0.2) is 0 Å². The summed E-state index contributed by atoms with van der Waals surface area (Å²) in [6.07, 6.45) is 2.19. The summed E-state index contributed by atoms with van der Waals surface area (Å²) in [5.74, 6) is 0.848. The molecule has 0 spiro atoms. The van der Waals surface area contributed by atoms with E-state index in [9.17, 15) is 9.59 Å². The van der Waals surface area contributed by atoms with E-state index in [-0.39, 0.29) is 23.5 Å². The van der Waals surface area contributed by atoms with Crippen molar-refractivity contribution in [1.29, 1.82) is 0 Å². The Kier molecular flexibility index (Phi) is 6.73. The van der Waals surface area contributed by atoms with Gasteiger partial charge in [0.25, 0.3) is 0 Å². The van der Waals surface area contributed by atoms with Crippen LogP contribution in [0.2, 0.25) is 0 Å². The van der Waals surface area contributed by atoms with E-state index in [2.05, 4.69) is 16.7 Å². The minimum atomic E-state index is -0.521. The first-order valence-electron chi connectivity index (χ1n) is 9.72. The van der Waals surface area contributed by atoms with Gasteiger partial charge in [0.2, 0.25) is 5.91 Å². The topological polar surface area (TPSA) is 70.7 Å². The van der Waals surface area contributed by atoms with E-state index in [0.717, 1.165) is 24.2 Å². The molecular formula is C21H33N3O3. The molecule has 0 saturated carbocycles. The monoisotopic (exact) mass is 375 g/mol. The van der Waals surface area contributed by atoms with Crippen molar-refractivity contribution >= 4 is 11.9 Å². The first kappa shape index (κ1) is 21.1. The second-order valence-corrected chi connectivity index (χ2v) is 8.18. The summed E-state index contributed by atoms with van der Waals surface area (Å²) in [4.78, 5) is 27.4. The summed E-state index contributed by atoms with van der Waals surface area (Å²) in [5, 5.41) is 5.74. The molecule has 0 aliphatic carbocycles. The molecule has 2 atom stereocenters. The fourth-order valence-electron chi connectivity index (χ4n) is 3.61. The van der Waals surface area contributed by atoms with Gasteiger partial charge in [-0.05, 0) is 52.2 Å². The van der Waals surface area contributed by atoms with E-state index in [1.807, 2.05) is 51.7 Å². The van der Waals surface area contributed by atoms with Crippen LogP contribution in [0, 0.1) is 0 Å². The molecule has 2 rings (SSSR count). The molecule has 6 nitrogen and oxygen atoms in total. The van der Waals surface area contributed by atoms with Crippen LogP contribution < -0.4 is 15.4 Å². The molecule has 1 heterocycles. The van der Waals surface area contributed by atoms with Crippen molar-refractivity contribution in [3.8, 4) is 5.75 Å². The van der Waals surface area contributed by atoms with Crippen LogP contribution >= 0.6 is 0 Å². The van der Waals surface area contributed by atoms with Crippen LogP contribution in [0.4, 0.5) is 4.79 Å². The molecule has 2 unspecified atom stereocenters. The molecular weight excluding hydrogens is 342 g/mol. The molecule has 0 aromatic heterocycles. The Bertz CT molecular complexity index is 682. The molecule has 1 aliphatic heterocycles. The van der Waals surface area contributed by atoms with Gasteiger partial charge in [0, 0.05) is 17.6 Å². The number of hydrogen-bond acceptors (Lipinski definition) is 3. The minimum absolute atomic E-state index is 0.0260. The van der Waals surface area contributed by atoms with E-state index in [1.165, 1.54) is 5.56 Å². The summed E-state index contributed by atoms with van der Waals surface area (Å²) in [7, 11) is 1.67. The predicted molar refractivity (Wildman–Crippen MR) is 107 cm³/mol. The van der Waals surface area contributed by atoms with Crippen LogP contribution in [0.15, 0.2) is 18.2 Å². The molecule has 150 valence electrons. The van der Waals surface area contributed by atoms with Crippen molar-refractivity contribution in [2.45, 2.75) is 71.5 Å². The van der Waals surface area contributed by atoms with Crippen LogP contribution in [0.1, 0.15) is 64.6 Å². The fourth-order valence-corrected chi connectivity index (χ4v) is 3.61. The van der Waals surface area contributed by atoms with E-state index in [0.29, 0.717) is 13.0 Å². The molecule has 1 aromatic rings. The Hall–Kier alpha value is -2.24. The highest BCUT2D eigenvalue weighted by Crippen LogP contribution is 2.35. The highest BCUT2D eigenvalue weighted by atomic mass is 16.5. The van der Waals surface area contributed by atoms with Crippen LogP contribution in [0.25, 0.3) is 0 Å². The molecule has 3 amide bonds. The number of ether oxygens (including phenoxy) is 1. The van der Waals surface area contributed by atoms with Crippen molar-refractivity contribution < 1.29 is 14.3 Å². The average molecular weight is 376 g/mol. The molecule has 1 aromatic carbocycles. The minimum Gasteiger partial charge on any atom is -0.496 e. The second-order valence-electron chi connectivity index (χ2n) is 8.18. The number of fused-ring (bicyclic) bond motifs is 1. The molecule has 1 aliphatic rings. The van der Waals surface area contributed by atoms with Crippen molar-refractivity contribution in [3.05, 3.63) is 29.3 Å². The number of urea groups is 1. The molecule has 0 radical (unpaired) electrons. The van der Waals surface area contributed by atoms with Gasteiger partial charge in [-0.25, -0.2) is 4.79 Å². The standard InChI is InChI=1S/C21H33N3O3/c1-7-9-17(22-20(26)23-21(3,4)5)19(25)24-13-12-16-15(14(24)2)10-8-11-18(16)27-6/h8,10-11,14,17H,7,9,12-13H2,1-6H3,(H2,22,23,26). The third-order valence-electron chi connectivity index (χ3n) is 4.86. The van der Waals surface area contributed by atoms with E-state index in [1.54, 1.807) is 7.11 Å². The third kappa shape index (κ3) is 5.15. The largest absolute Gasteiger partial charge is 0.496 e. The SMILES string of the molecule is CCCC(NC(=O)NC(C)(C)C)C(=O)N1CCc2c(OC)cccc2C1C. The van der Waals surface area contributed by atoms with Gasteiger partial charge in [-0.3, -0.25) is 4.79 Å². The lowest BCUT2D eigenvalue weighted by atomic mass is 9.92. The normalized spacial score (nSPS) is 17.7. The van der Waals surface area contributed by atoms with E-state index < -0.39 is 6.04 Å². The zero-order valence-corrected chi connectivity index (χ0v) is 17.4. The number of carbonyl (C=O) groups is 2. The Morgan fingerprint density at radius 2 is 2.04 bits per heavy atom. The quantitative estimate of drug-likeness (QED) is 0.828. The van der Waals surface area contributed by atoms with Gasteiger partial charge in [0.1, 0.15) is 11.8 Å². The maximum Gasteiger partial charge on any atom is 0.315 e. The summed E-state index contributed by atoms with van der Waals surface area (Å²) in [5.41, 5.74) is 1.93. The molecule has 0 fully saturated rings. The van der Waals surface area contributed by atoms with Crippen LogP contribution in [-0.2, 0) is 11.2 Å². The van der Waals surface area contributed by atoms with Gasteiger partial charge < -0.3 is 20.3 Å².